The number of aliphatic hydroxyl groups is 1. The number of esters is 2. The molecule has 1 aromatic carbocycles. The van der Waals surface area contributed by atoms with Crippen LogP contribution < -0.4 is 0 Å². The molecule has 2 rings (SSSR count). The second kappa shape index (κ2) is 16.3. The van der Waals surface area contributed by atoms with Gasteiger partial charge in [0.25, 0.3) is 0 Å². The summed E-state index contributed by atoms with van der Waals surface area (Å²) in [5, 5.41) is 9.05. The maximum Gasteiger partial charge on any atom is 0.335 e. The molecular weight excluding hydrogens is 460 g/mol. The van der Waals surface area contributed by atoms with Crippen LogP contribution in [-0.4, -0.2) is 56.4 Å². The third kappa shape index (κ3) is 11.1. The Kier molecular flexibility index (Phi) is 13.5. The number of rotatable bonds is 16. The van der Waals surface area contributed by atoms with Crippen molar-refractivity contribution in [1.29, 1.82) is 0 Å². The number of aliphatic hydroxyl groups excluding tert-OH is 1. The van der Waals surface area contributed by atoms with Gasteiger partial charge in [-0.25, -0.2) is 9.59 Å². The first-order valence-corrected chi connectivity index (χ1v) is 12.9. The average molecular weight is 503 g/mol. The van der Waals surface area contributed by atoms with E-state index in [1.807, 2.05) is 12.1 Å². The second-order valence-corrected chi connectivity index (χ2v) is 9.62. The zero-order chi connectivity index (χ0) is 26.3. The Morgan fingerprint density at radius 1 is 1.00 bits per heavy atom. The van der Waals surface area contributed by atoms with E-state index < -0.39 is 18.5 Å². The molecule has 36 heavy (non-hydrogen) atoms. The normalized spacial score (nSPS) is 18.3. The molecular formula is C29H42O7. The molecule has 7 heteroatoms. The Balaban J connectivity index is 1.82. The zero-order valence-corrected chi connectivity index (χ0v) is 21.8. The maximum atomic E-state index is 11.9. The SMILES string of the molecule is C=C(C)C(=O)OCC(COC(=O)C(=C)CO)Cc1ccc(CCC2OCC(CCCCC)CO2)cc1. The highest BCUT2D eigenvalue weighted by Crippen LogP contribution is 2.21. The quantitative estimate of drug-likeness (QED) is 0.201. The molecule has 1 aromatic rings. The van der Waals surface area contributed by atoms with Gasteiger partial charge in [-0.15, -0.1) is 0 Å². The van der Waals surface area contributed by atoms with E-state index in [-0.39, 0.29) is 31.0 Å². The molecule has 1 heterocycles. The Morgan fingerprint density at radius 3 is 2.19 bits per heavy atom. The number of carbonyl (C=O) groups is 2. The molecule has 1 aliphatic heterocycles. The van der Waals surface area contributed by atoms with E-state index in [0.717, 1.165) is 31.6 Å². The highest BCUT2D eigenvalue weighted by atomic mass is 16.7. The summed E-state index contributed by atoms with van der Waals surface area (Å²) in [5.74, 6) is -0.885. The summed E-state index contributed by atoms with van der Waals surface area (Å²) >= 11 is 0. The molecule has 1 saturated heterocycles. The summed E-state index contributed by atoms with van der Waals surface area (Å²) < 4.78 is 22.4. The molecule has 0 radical (unpaired) electrons. The minimum atomic E-state index is -0.663. The molecule has 0 aromatic heterocycles. The van der Waals surface area contributed by atoms with Crippen molar-refractivity contribution in [3.63, 3.8) is 0 Å². The van der Waals surface area contributed by atoms with Gasteiger partial charge in [0.15, 0.2) is 6.29 Å². The van der Waals surface area contributed by atoms with Crippen molar-refractivity contribution in [3.05, 3.63) is 59.7 Å². The van der Waals surface area contributed by atoms with E-state index in [0.29, 0.717) is 17.9 Å². The molecule has 1 N–H and O–H groups in total. The maximum absolute atomic E-state index is 11.9. The predicted molar refractivity (Wildman–Crippen MR) is 138 cm³/mol. The van der Waals surface area contributed by atoms with Crippen LogP contribution in [0.5, 0.6) is 0 Å². The number of unbranched alkanes of at least 4 members (excludes halogenated alkanes) is 2. The van der Waals surface area contributed by atoms with Crippen molar-refractivity contribution in [2.45, 2.75) is 65.1 Å². The monoisotopic (exact) mass is 502 g/mol. The van der Waals surface area contributed by atoms with Gasteiger partial charge < -0.3 is 24.1 Å². The largest absolute Gasteiger partial charge is 0.462 e. The number of aryl methyl sites for hydroxylation is 1. The number of benzene rings is 1. The van der Waals surface area contributed by atoms with Crippen molar-refractivity contribution in [2.75, 3.05) is 33.0 Å². The van der Waals surface area contributed by atoms with Gasteiger partial charge in [0.1, 0.15) is 0 Å². The molecule has 1 atom stereocenters. The summed E-state index contributed by atoms with van der Waals surface area (Å²) in [6.07, 6.45) is 6.97. The van der Waals surface area contributed by atoms with Crippen LogP contribution in [0, 0.1) is 11.8 Å². The van der Waals surface area contributed by atoms with Crippen molar-refractivity contribution in [1.82, 2.24) is 0 Å². The van der Waals surface area contributed by atoms with Crippen LogP contribution in [0.15, 0.2) is 48.6 Å². The average Bonchev–Trinajstić information content (AvgIpc) is 2.89. The molecule has 0 saturated carbocycles. The van der Waals surface area contributed by atoms with Crippen molar-refractivity contribution >= 4 is 11.9 Å². The fourth-order valence-corrected chi connectivity index (χ4v) is 3.90. The van der Waals surface area contributed by atoms with Crippen LogP contribution in [-0.2, 0) is 41.4 Å². The van der Waals surface area contributed by atoms with Gasteiger partial charge in [0, 0.05) is 23.8 Å². The zero-order valence-electron chi connectivity index (χ0n) is 21.8. The number of ether oxygens (including phenoxy) is 4. The van der Waals surface area contributed by atoms with Gasteiger partial charge in [0.05, 0.1) is 38.6 Å². The number of hydrogen-bond acceptors (Lipinski definition) is 7. The smallest absolute Gasteiger partial charge is 0.335 e. The molecule has 0 bridgehead atoms. The number of hydrogen-bond donors (Lipinski definition) is 1. The van der Waals surface area contributed by atoms with Crippen LogP contribution in [0.4, 0.5) is 0 Å². The lowest BCUT2D eigenvalue weighted by Gasteiger charge is -2.29. The van der Waals surface area contributed by atoms with E-state index in [1.54, 1.807) is 6.92 Å². The third-order valence-corrected chi connectivity index (χ3v) is 6.20. The number of carbonyl (C=O) groups excluding carboxylic acids is 2. The fourth-order valence-electron chi connectivity index (χ4n) is 3.90. The predicted octanol–water partition coefficient (Wildman–Crippen LogP) is 4.56. The highest BCUT2D eigenvalue weighted by Gasteiger charge is 2.22. The van der Waals surface area contributed by atoms with Crippen LogP contribution in [0.25, 0.3) is 0 Å². The second-order valence-electron chi connectivity index (χ2n) is 9.62. The first-order chi connectivity index (χ1) is 17.3. The minimum absolute atomic E-state index is 0.0185. The van der Waals surface area contributed by atoms with E-state index in [9.17, 15) is 9.59 Å². The van der Waals surface area contributed by atoms with Gasteiger partial charge in [-0.2, -0.15) is 0 Å². The van der Waals surface area contributed by atoms with Crippen molar-refractivity contribution in [3.8, 4) is 0 Å². The van der Waals surface area contributed by atoms with Crippen LogP contribution in [0.1, 0.15) is 57.1 Å². The third-order valence-electron chi connectivity index (χ3n) is 6.20. The molecule has 0 spiro atoms. The van der Waals surface area contributed by atoms with Crippen molar-refractivity contribution in [2.24, 2.45) is 11.8 Å². The molecule has 200 valence electrons. The first-order valence-electron chi connectivity index (χ1n) is 12.9. The lowest BCUT2D eigenvalue weighted by molar-refractivity contribution is -0.203. The Labute approximate surface area is 215 Å². The topological polar surface area (TPSA) is 91.3 Å². The Hall–Kier alpha value is -2.48. The minimum Gasteiger partial charge on any atom is -0.462 e. The van der Waals surface area contributed by atoms with Gasteiger partial charge in [-0.1, -0.05) is 63.6 Å². The van der Waals surface area contributed by atoms with Gasteiger partial charge in [-0.05, 0) is 37.3 Å². The van der Waals surface area contributed by atoms with Gasteiger partial charge in [0.2, 0.25) is 0 Å². The van der Waals surface area contributed by atoms with Crippen LogP contribution in [0.3, 0.4) is 0 Å². The van der Waals surface area contributed by atoms with E-state index >= 15 is 0 Å². The summed E-state index contributed by atoms with van der Waals surface area (Å²) in [6, 6.07) is 8.21. The lowest BCUT2D eigenvalue weighted by Crippen LogP contribution is -2.32. The molecule has 7 nitrogen and oxygen atoms in total. The summed E-state index contributed by atoms with van der Waals surface area (Å²) in [4.78, 5) is 23.7. The highest BCUT2D eigenvalue weighted by molar-refractivity contribution is 5.88. The molecule has 1 fully saturated rings. The van der Waals surface area contributed by atoms with E-state index in [4.69, 9.17) is 24.1 Å². The van der Waals surface area contributed by atoms with Gasteiger partial charge >= 0.3 is 11.9 Å². The van der Waals surface area contributed by atoms with E-state index in [2.05, 4.69) is 32.2 Å². The molecule has 1 aliphatic rings. The summed E-state index contributed by atoms with van der Waals surface area (Å²) in [5.41, 5.74) is 2.51. The standard InChI is InChI=1S/C29H42O7/c1-5-6-7-8-25-17-33-27(34-18-25)14-13-23-9-11-24(12-10-23)15-26(19-35-28(31)21(2)3)20-36-29(32)22(4)16-30/h9-12,25-27,30H,2,4-8,13-20H2,1,3H3. The fraction of sp³-hybridized carbons (Fsp3) is 0.586. The lowest BCUT2D eigenvalue weighted by atomic mass is 9.98. The first kappa shape index (κ1) is 29.7. The Bertz CT molecular complexity index is 838. The molecule has 0 amide bonds. The summed E-state index contributed by atoms with van der Waals surface area (Å²) in [6.45, 7) is 12.1. The van der Waals surface area contributed by atoms with Crippen LogP contribution in [0.2, 0.25) is 0 Å². The summed E-state index contributed by atoms with van der Waals surface area (Å²) in [7, 11) is 0. The van der Waals surface area contributed by atoms with Gasteiger partial charge in [-0.3, -0.25) is 0 Å². The van der Waals surface area contributed by atoms with Crippen LogP contribution >= 0.6 is 0 Å². The Morgan fingerprint density at radius 2 is 1.61 bits per heavy atom. The van der Waals surface area contributed by atoms with Crippen molar-refractivity contribution < 1.29 is 33.6 Å². The van der Waals surface area contributed by atoms with E-state index in [1.165, 1.54) is 31.2 Å². The molecule has 1 unspecified atom stereocenters. The molecule has 0 aliphatic carbocycles.